The van der Waals surface area contributed by atoms with Crippen LogP contribution >= 0.6 is 0 Å². The minimum atomic E-state index is 0.696. The molecule has 0 heterocycles. The molecule has 0 unspecified atom stereocenters. The normalized spacial score (nSPS) is 14.7. The van der Waals surface area contributed by atoms with Crippen LogP contribution in [0.1, 0.15) is 19.3 Å². The van der Waals surface area contributed by atoms with Gasteiger partial charge in [0.25, 0.3) is 0 Å². The molecule has 0 saturated heterocycles. The standard InChI is InChI=1S/C16H26N2O2/c1-18(10-12-19-13-14-7-8-14)9-4-11-20-16-6-3-2-5-15(16)17/h2-3,5-6,14H,4,7-13,17H2,1H3. The minimum absolute atomic E-state index is 0.696. The Morgan fingerprint density at radius 3 is 2.75 bits per heavy atom. The fourth-order valence-corrected chi connectivity index (χ4v) is 2.00. The number of hydrogen-bond acceptors (Lipinski definition) is 4. The monoisotopic (exact) mass is 278 g/mol. The van der Waals surface area contributed by atoms with Crippen LogP contribution < -0.4 is 10.5 Å². The molecule has 4 heteroatoms. The highest BCUT2D eigenvalue weighted by Crippen LogP contribution is 2.28. The summed E-state index contributed by atoms with van der Waals surface area (Å²) in [6.07, 6.45) is 3.71. The minimum Gasteiger partial charge on any atom is -0.491 e. The first-order chi connectivity index (χ1) is 9.75. The average molecular weight is 278 g/mol. The van der Waals surface area contributed by atoms with Crippen LogP contribution in [-0.2, 0) is 4.74 Å². The Balaban J connectivity index is 1.48. The van der Waals surface area contributed by atoms with Gasteiger partial charge in [-0.15, -0.1) is 0 Å². The first kappa shape index (κ1) is 15.1. The first-order valence-corrected chi connectivity index (χ1v) is 7.49. The predicted molar refractivity (Wildman–Crippen MR) is 82.0 cm³/mol. The van der Waals surface area contributed by atoms with Gasteiger partial charge in [-0.3, -0.25) is 0 Å². The molecule has 2 rings (SSSR count). The Bertz CT molecular complexity index is 394. The molecule has 4 nitrogen and oxygen atoms in total. The van der Waals surface area contributed by atoms with E-state index in [4.69, 9.17) is 15.2 Å². The Morgan fingerprint density at radius 2 is 2.00 bits per heavy atom. The number of anilines is 1. The highest BCUT2D eigenvalue weighted by Gasteiger charge is 2.20. The molecular formula is C16H26N2O2. The average Bonchev–Trinajstić information content (AvgIpc) is 3.26. The maximum Gasteiger partial charge on any atom is 0.142 e. The second kappa shape index (κ2) is 8.12. The van der Waals surface area contributed by atoms with Crippen molar-refractivity contribution in [1.82, 2.24) is 4.90 Å². The Hall–Kier alpha value is -1.26. The van der Waals surface area contributed by atoms with Gasteiger partial charge in [0, 0.05) is 19.7 Å². The highest BCUT2D eigenvalue weighted by atomic mass is 16.5. The zero-order chi connectivity index (χ0) is 14.2. The Labute approximate surface area is 121 Å². The quantitative estimate of drug-likeness (QED) is 0.527. The number of nitrogen functional groups attached to an aromatic ring is 1. The predicted octanol–water partition coefficient (Wildman–Crippen LogP) is 2.40. The van der Waals surface area contributed by atoms with E-state index in [0.29, 0.717) is 12.3 Å². The third-order valence-corrected chi connectivity index (χ3v) is 3.53. The van der Waals surface area contributed by atoms with Gasteiger partial charge in [0.2, 0.25) is 0 Å². The zero-order valence-corrected chi connectivity index (χ0v) is 12.4. The summed E-state index contributed by atoms with van der Waals surface area (Å²) in [5.41, 5.74) is 6.52. The molecule has 0 bridgehead atoms. The maximum atomic E-state index is 5.82. The molecule has 20 heavy (non-hydrogen) atoms. The smallest absolute Gasteiger partial charge is 0.142 e. The van der Waals surface area contributed by atoms with Crippen molar-refractivity contribution in [3.63, 3.8) is 0 Å². The van der Waals surface area contributed by atoms with Gasteiger partial charge in [-0.05, 0) is 44.4 Å². The summed E-state index contributed by atoms with van der Waals surface area (Å²) in [4.78, 5) is 2.28. The number of benzene rings is 1. The van der Waals surface area contributed by atoms with Crippen LogP contribution in [0.5, 0.6) is 5.75 Å². The molecule has 0 amide bonds. The maximum absolute atomic E-state index is 5.82. The van der Waals surface area contributed by atoms with Gasteiger partial charge in [0.15, 0.2) is 0 Å². The fraction of sp³-hybridized carbons (Fsp3) is 0.625. The molecule has 0 radical (unpaired) electrons. The van der Waals surface area contributed by atoms with E-state index < -0.39 is 0 Å². The SMILES string of the molecule is CN(CCCOc1ccccc1N)CCOCC1CC1. The second-order valence-corrected chi connectivity index (χ2v) is 5.56. The third kappa shape index (κ3) is 5.80. The molecule has 1 fully saturated rings. The van der Waals surface area contributed by atoms with E-state index in [-0.39, 0.29) is 0 Å². The molecule has 1 aliphatic carbocycles. The molecule has 1 aliphatic rings. The van der Waals surface area contributed by atoms with Crippen molar-refractivity contribution in [1.29, 1.82) is 0 Å². The van der Waals surface area contributed by atoms with Crippen molar-refractivity contribution in [2.24, 2.45) is 5.92 Å². The summed E-state index contributed by atoms with van der Waals surface area (Å²) in [7, 11) is 2.12. The van der Waals surface area contributed by atoms with E-state index in [1.165, 1.54) is 12.8 Å². The van der Waals surface area contributed by atoms with Crippen LogP contribution in [0.3, 0.4) is 0 Å². The van der Waals surface area contributed by atoms with Gasteiger partial charge >= 0.3 is 0 Å². The molecule has 1 aromatic rings. The number of ether oxygens (including phenoxy) is 2. The fourth-order valence-electron chi connectivity index (χ4n) is 2.00. The lowest BCUT2D eigenvalue weighted by atomic mass is 10.3. The number of hydrogen-bond donors (Lipinski definition) is 1. The molecule has 0 aromatic heterocycles. The van der Waals surface area contributed by atoms with Gasteiger partial charge in [-0.1, -0.05) is 12.1 Å². The van der Waals surface area contributed by atoms with Crippen LogP contribution in [0.4, 0.5) is 5.69 Å². The molecule has 112 valence electrons. The lowest BCUT2D eigenvalue weighted by Gasteiger charge is -2.17. The largest absolute Gasteiger partial charge is 0.491 e. The van der Waals surface area contributed by atoms with Gasteiger partial charge in [-0.25, -0.2) is 0 Å². The van der Waals surface area contributed by atoms with E-state index >= 15 is 0 Å². The van der Waals surface area contributed by atoms with Gasteiger partial charge in [0.1, 0.15) is 5.75 Å². The third-order valence-electron chi connectivity index (χ3n) is 3.53. The first-order valence-electron chi connectivity index (χ1n) is 7.49. The summed E-state index contributed by atoms with van der Waals surface area (Å²) in [6, 6.07) is 7.62. The van der Waals surface area contributed by atoms with Crippen molar-refractivity contribution in [3.05, 3.63) is 24.3 Å². The van der Waals surface area contributed by atoms with E-state index in [0.717, 1.165) is 44.4 Å². The molecule has 1 saturated carbocycles. The van der Waals surface area contributed by atoms with Gasteiger partial charge in [-0.2, -0.15) is 0 Å². The summed E-state index contributed by atoms with van der Waals surface area (Å²) in [5, 5.41) is 0. The highest BCUT2D eigenvalue weighted by molar-refractivity contribution is 5.51. The molecule has 1 aromatic carbocycles. The molecule has 0 spiro atoms. The molecular weight excluding hydrogens is 252 g/mol. The van der Waals surface area contributed by atoms with Crippen molar-refractivity contribution < 1.29 is 9.47 Å². The van der Waals surface area contributed by atoms with Crippen LogP contribution in [0.15, 0.2) is 24.3 Å². The number of para-hydroxylation sites is 2. The van der Waals surface area contributed by atoms with Crippen LogP contribution in [0.2, 0.25) is 0 Å². The zero-order valence-electron chi connectivity index (χ0n) is 12.4. The Kier molecular flexibility index (Phi) is 6.15. The molecule has 0 atom stereocenters. The lowest BCUT2D eigenvalue weighted by molar-refractivity contribution is 0.102. The van der Waals surface area contributed by atoms with Crippen LogP contribution in [-0.4, -0.2) is 44.9 Å². The number of likely N-dealkylation sites (N-methyl/N-ethyl adjacent to an activating group) is 1. The summed E-state index contributed by atoms with van der Waals surface area (Å²) < 4.78 is 11.3. The van der Waals surface area contributed by atoms with E-state index in [9.17, 15) is 0 Å². The lowest BCUT2D eigenvalue weighted by Crippen LogP contribution is -2.25. The second-order valence-electron chi connectivity index (χ2n) is 5.56. The van der Waals surface area contributed by atoms with Crippen molar-refractivity contribution in [3.8, 4) is 5.75 Å². The van der Waals surface area contributed by atoms with Crippen LogP contribution in [0, 0.1) is 5.92 Å². The summed E-state index contributed by atoms with van der Waals surface area (Å²) >= 11 is 0. The Morgan fingerprint density at radius 1 is 1.20 bits per heavy atom. The molecule has 0 aliphatic heterocycles. The summed E-state index contributed by atoms with van der Waals surface area (Å²) in [6.45, 7) is 4.48. The molecule has 2 N–H and O–H groups in total. The van der Waals surface area contributed by atoms with E-state index in [1.54, 1.807) is 0 Å². The number of nitrogens with zero attached hydrogens (tertiary/aromatic N) is 1. The van der Waals surface area contributed by atoms with Crippen molar-refractivity contribution in [2.45, 2.75) is 19.3 Å². The van der Waals surface area contributed by atoms with Crippen molar-refractivity contribution in [2.75, 3.05) is 45.7 Å². The topological polar surface area (TPSA) is 47.7 Å². The number of rotatable bonds is 10. The van der Waals surface area contributed by atoms with Crippen molar-refractivity contribution >= 4 is 5.69 Å². The van der Waals surface area contributed by atoms with Gasteiger partial charge in [0.05, 0.1) is 18.9 Å². The van der Waals surface area contributed by atoms with E-state index in [1.807, 2.05) is 24.3 Å². The number of nitrogens with two attached hydrogens (primary N) is 1. The summed E-state index contributed by atoms with van der Waals surface area (Å²) in [5.74, 6) is 1.63. The van der Waals surface area contributed by atoms with Crippen LogP contribution in [0.25, 0.3) is 0 Å². The van der Waals surface area contributed by atoms with E-state index in [2.05, 4.69) is 11.9 Å². The van der Waals surface area contributed by atoms with Gasteiger partial charge < -0.3 is 20.1 Å².